The fourth-order valence-electron chi connectivity index (χ4n) is 2.32. The maximum atomic E-state index is 12.1. The van der Waals surface area contributed by atoms with Gasteiger partial charge in [0, 0.05) is 24.0 Å². The Morgan fingerprint density at radius 3 is 2.86 bits per heavy atom. The van der Waals surface area contributed by atoms with Gasteiger partial charge in [-0.25, -0.2) is 4.79 Å². The molecule has 5 nitrogen and oxygen atoms in total. The number of carbonyl (C=O) groups is 2. The lowest BCUT2D eigenvalue weighted by atomic mass is 10.2. The van der Waals surface area contributed by atoms with Crippen molar-refractivity contribution in [2.75, 3.05) is 13.1 Å². The van der Waals surface area contributed by atoms with E-state index >= 15 is 0 Å². The zero-order valence-corrected chi connectivity index (χ0v) is 13.5. The molecule has 0 aliphatic carbocycles. The maximum Gasteiger partial charge on any atom is 0.410 e. The van der Waals surface area contributed by atoms with E-state index in [9.17, 15) is 9.59 Å². The molecule has 1 N–H and O–H groups in total. The Balaban J connectivity index is 1.87. The normalized spacial score (nSPS) is 18.6. The number of likely N-dealkylation sites (tertiary alicyclic amines) is 1. The Kier molecular flexibility index (Phi) is 4.88. The van der Waals surface area contributed by atoms with E-state index in [4.69, 9.17) is 4.74 Å². The molecule has 21 heavy (non-hydrogen) atoms. The van der Waals surface area contributed by atoms with Crippen molar-refractivity contribution in [3.63, 3.8) is 0 Å². The van der Waals surface area contributed by atoms with Gasteiger partial charge in [-0.3, -0.25) is 4.79 Å². The van der Waals surface area contributed by atoms with E-state index < -0.39 is 5.60 Å². The molecule has 0 bridgehead atoms. The van der Waals surface area contributed by atoms with Crippen molar-refractivity contribution in [2.45, 2.75) is 45.3 Å². The number of nitrogens with one attached hydrogen (secondary N) is 1. The van der Waals surface area contributed by atoms with Crippen molar-refractivity contribution in [2.24, 2.45) is 0 Å². The van der Waals surface area contributed by atoms with Gasteiger partial charge in [-0.05, 0) is 45.1 Å². The Labute approximate surface area is 129 Å². The summed E-state index contributed by atoms with van der Waals surface area (Å²) >= 11 is 1.49. The van der Waals surface area contributed by atoms with Crippen LogP contribution in [0.15, 0.2) is 16.8 Å². The molecular formula is C15H22N2O3S. The SMILES string of the molecule is CC(C)(C)OC(=O)N1CCC[C@H]1CNC(=O)c1ccsc1. The number of hydrogen-bond acceptors (Lipinski definition) is 4. The van der Waals surface area contributed by atoms with Gasteiger partial charge in [0.2, 0.25) is 0 Å². The average molecular weight is 310 g/mol. The Bertz CT molecular complexity index is 494. The standard InChI is InChI=1S/C15H22N2O3S/c1-15(2,3)20-14(19)17-7-4-5-12(17)9-16-13(18)11-6-8-21-10-11/h6,8,10,12H,4-5,7,9H2,1-3H3,(H,16,18)/t12-/m0/s1. The molecule has 2 heterocycles. The summed E-state index contributed by atoms with van der Waals surface area (Å²) in [6.07, 6.45) is 1.54. The highest BCUT2D eigenvalue weighted by Gasteiger charge is 2.32. The summed E-state index contributed by atoms with van der Waals surface area (Å²) in [5.74, 6) is -0.0905. The van der Waals surface area contributed by atoms with E-state index in [1.165, 1.54) is 11.3 Å². The Morgan fingerprint density at radius 1 is 1.48 bits per heavy atom. The third-order valence-electron chi connectivity index (χ3n) is 3.29. The Hall–Kier alpha value is -1.56. The van der Waals surface area contributed by atoms with Crippen LogP contribution < -0.4 is 5.32 Å². The van der Waals surface area contributed by atoms with Crippen LogP contribution >= 0.6 is 11.3 Å². The predicted molar refractivity (Wildman–Crippen MR) is 82.6 cm³/mol. The molecule has 1 aliphatic rings. The van der Waals surface area contributed by atoms with E-state index in [0.29, 0.717) is 18.7 Å². The lowest BCUT2D eigenvalue weighted by Gasteiger charge is -2.28. The third-order valence-corrected chi connectivity index (χ3v) is 3.97. The second-order valence-corrected chi connectivity index (χ2v) is 6.97. The fourth-order valence-corrected chi connectivity index (χ4v) is 2.95. The van der Waals surface area contributed by atoms with E-state index in [0.717, 1.165) is 12.8 Å². The van der Waals surface area contributed by atoms with Crippen LogP contribution in [0.5, 0.6) is 0 Å². The molecule has 2 rings (SSSR count). The van der Waals surface area contributed by atoms with Gasteiger partial charge >= 0.3 is 6.09 Å². The lowest BCUT2D eigenvalue weighted by molar-refractivity contribution is 0.0225. The molecule has 0 radical (unpaired) electrons. The van der Waals surface area contributed by atoms with Gasteiger partial charge in [-0.2, -0.15) is 11.3 Å². The van der Waals surface area contributed by atoms with Crippen LogP contribution in [0.25, 0.3) is 0 Å². The lowest BCUT2D eigenvalue weighted by Crippen LogP contribution is -2.45. The molecule has 0 saturated carbocycles. The van der Waals surface area contributed by atoms with Crippen LogP contribution in [-0.4, -0.2) is 41.6 Å². The van der Waals surface area contributed by atoms with Crippen molar-refractivity contribution < 1.29 is 14.3 Å². The summed E-state index contributed by atoms with van der Waals surface area (Å²) in [4.78, 5) is 25.8. The van der Waals surface area contributed by atoms with Crippen LogP contribution in [0.2, 0.25) is 0 Å². The maximum absolute atomic E-state index is 12.1. The highest BCUT2D eigenvalue weighted by molar-refractivity contribution is 7.08. The molecule has 1 aromatic heterocycles. The van der Waals surface area contributed by atoms with Gasteiger partial charge in [-0.15, -0.1) is 0 Å². The highest BCUT2D eigenvalue weighted by atomic mass is 32.1. The van der Waals surface area contributed by atoms with Crippen LogP contribution in [0.3, 0.4) is 0 Å². The van der Waals surface area contributed by atoms with Crippen molar-refractivity contribution in [1.29, 1.82) is 0 Å². The predicted octanol–water partition coefficient (Wildman–Crippen LogP) is 2.88. The highest BCUT2D eigenvalue weighted by Crippen LogP contribution is 2.20. The summed E-state index contributed by atoms with van der Waals surface area (Å²) < 4.78 is 5.41. The molecule has 6 heteroatoms. The summed E-state index contributed by atoms with van der Waals surface area (Å²) in [6.45, 7) is 6.72. The van der Waals surface area contributed by atoms with Crippen LogP contribution in [0.4, 0.5) is 4.79 Å². The quantitative estimate of drug-likeness (QED) is 0.934. The van der Waals surface area contributed by atoms with Gasteiger partial charge in [-0.1, -0.05) is 0 Å². The minimum atomic E-state index is -0.496. The van der Waals surface area contributed by atoms with Gasteiger partial charge in [0.25, 0.3) is 5.91 Å². The van der Waals surface area contributed by atoms with Gasteiger partial charge < -0.3 is 15.0 Å². The van der Waals surface area contributed by atoms with Crippen molar-refractivity contribution in [1.82, 2.24) is 10.2 Å². The van der Waals surface area contributed by atoms with Crippen LogP contribution in [0, 0.1) is 0 Å². The molecule has 1 saturated heterocycles. The molecule has 1 fully saturated rings. The Morgan fingerprint density at radius 2 is 2.24 bits per heavy atom. The van der Waals surface area contributed by atoms with Crippen molar-refractivity contribution in [3.8, 4) is 0 Å². The number of amides is 2. The molecule has 1 aromatic rings. The van der Waals surface area contributed by atoms with E-state index in [1.54, 1.807) is 11.0 Å². The number of rotatable bonds is 3. The molecule has 0 aromatic carbocycles. The zero-order valence-electron chi connectivity index (χ0n) is 12.7. The smallest absolute Gasteiger partial charge is 0.410 e. The first-order valence-corrected chi connectivity index (χ1v) is 8.11. The molecule has 116 valence electrons. The van der Waals surface area contributed by atoms with E-state index in [2.05, 4.69) is 5.32 Å². The average Bonchev–Trinajstić information content (AvgIpc) is 3.04. The first-order chi connectivity index (χ1) is 9.87. The van der Waals surface area contributed by atoms with E-state index in [-0.39, 0.29) is 18.0 Å². The fraction of sp³-hybridized carbons (Fsp3) is 0.600. The number of thiophene rings is 1. The summed E-state index contributed by atoms with van der Waals surface area (Å²) in [6, 6.07) is 1.81. The first kappa shape index (κ1) is 15.8. The first-order valence-electron chi connectivity index (χ1n) is 7.17. The van der Waals surface area contributed by atoms with Gasteiger partial charge in [0.15, 0.2) is 0 Å². The zero-order chi connectivity index (χ0) is 15.5. The summed E-state index contributed by atoms with van der Waals surface area (Å²) in [5, 5.41) is 6.58. The number of nitrogens with zero attached hydrogens (tertiary/aromatic N) is 1. The minimum absolute atomic E-state index is 0.0161. The monoisotopic (exact) mass is 310 g/mol. The second-order valence-electron chi connectivity index (χ2n) is 6.19. The molecule has 0 spiro atoms. The molecule has 0 unspecified atom stereocenters. The number of carbonyl (C=O) groups excluding carboxylic acids is 2. The molecule has 1 aliphatic heterocycles. The molecule has 2 amide bonds. The molecule has 1 atom stereocenters. The second kappa shape index (κ2) is 6.47. The number of hydrogen-bond donors (Lipinski definition) is 1. The largest absolute Gasteiger partial charge is 0.444 e. The third kappa shape index (κ3) is 4.46. The van der Waals surface area contributed by atoms with Crippen LogP contribution in [0.1, 0.15) is 44.0 Å². The van der Waals surface area contributed by atoms with Gasteiger partial charge in [0.1, 0.15) is 5.60 Å². The summed E-state index contributed by atoms with van der Waals surface area (Å²) in [7, 11) is 0. The molecular weight excluding hydrogens is 288 g/mol. The summed E-state index contributed by atoms with van der Waals surface area (Å²) in [5.41, 5.74) is 0.172. The van der Waals surface area contributed by atoms with E-state index in [1.807, 2.05) is 31.5 Å². The van der Waals surface area contributed by atoms with Gasteiger partial charge in [0.05, 0.1) is 6.04 Å². The minimum Gasteiger partial charge on any atom is -0.444 e. The van der Waals surface area contributed by atoms with Crippen LogP contribution in [-0.2, 0) is 4.74 Å². The van der Waals surface area contributed by atoms with Crippen molar-refractivity contribution >= 4 is 23.3 Å². The van der Waals surface area contributed by atoms with Crippen molar-refractivity contribution in [3.05, 3.63) is 22.4 Å². The number of ether oxygens (including phenoxy) is 1. The topological polar surface area (TPSA) is 58.6 Å².